The maximum atomic E-state index is 12.0. The van der Waals surface area contributed by atoms with Crippen LogP contribution in [-0.2, 0) is 20.9 Å². The number of carbonyl (C=O) groups excluding carboxylic acids is 2. The summed E-state index contributed by atoms with van der Waals surface area (Å²) in [6.07, 6.45) is 3.54. The van der Waals surface area contributed by atoms with Crippen molar-refractivity contribution in [2.45, 2.75) is 19.9 Å². The third kappa shape index (κ3) is 5.38. The molecule has 0 atom stereocenters. The molecular weight excluding hydrogens is 242 g/mol. The summed E-state index contributed by atoms with van der Waals surface area (Å²) in [6, 6.07) is 9.68. The van der Waals surface area contributed by atoms with E-state index in [9.17, 15) is 9.59 Å². The number of rotatable bonds is 6. The first-order chi connectivity index (χ1) is 9.17. The third-order valence-corrected chi connectivity index (χ3v) is 2.65. The second-order valence-electron chi connectivity index (χ2n) is 4.08. The maximum Gasteiger partial charge on any atom is 0.315 e. The fraction of sp³-hybridized carbons (Fsp3) is 0.333. The first-order valence-corrected chi connectivity index (χ1v) is 6.17. The molecule has 0 aromatic heterocycles. The molecule has 1 amide bonds. The fourth-order valence-electron chi connectivity index (χ4n) is 1.60. The van der Waals surface area contributed by atoms with E-state index in [-0.39, 0.29) is 12.3 Å². The second-order valence-corrected chi connectivity index (χ2v) is 4.08. The van der Waals surface area contributed by atoms with Crippen LogP contribution in [0.15, 0.2) is 42.5 Å². The lowest BCUT2D eigenvalue weighted by Crippen LogP contribution is -2.32. The zero-order chi connectivity index (χ0) is 14.1. The van der Waals surface area contributed by atoms with Gasteiger partial charge in [-0.3, -0.25) is 9.59 Å². The number of hydrogen-bond acceptors (Lipinski definition) is 3. The fourth-order valence-corrected chi connectivity index (χ4v) is 1.60. The van der Waals surface area contributed by atoms with Crippen molar-refractivity contribution in [3.63, 3.8) is 0 Å². The molecule has 0 N–H and O–H groups in total. The third-order valence-electron chi connectivity index (χ3n) is 2.65. The molecule has 1 aromatic rings. The minimum Gasteiger partial charge on any atom is -0.469 e. The summed E-state index contributed by atoms with van der Waals surface area (Å²) >= 11 is 0. The van der Waals surface area contributed by atoms with Crippen LogP contribution >= 0.6 is 0 Å². The van der Waals surface area contributed by atoms with Crippen LogP contribution < -0.4 is 0 Å². The van der Waals surface area contributed by atoms with Crippen molar-refractivity contribution in [2.75, 3.05) is 13.7 Å². The van der Waals surface area contributed by atoms with Crippen molar-refractivity contribution in [1.82, 2.24) is 4.90 Å². The van der Waals surface area contributed by atoms with Gasteiger partial charge in [0.1, 0.15) is 6.42 Å². The Morgan fingerprint density at radius 3 is 2.53 bits per heavy atom. The molecule has 0 saturated carbocycles. The van der Waals surface area contributed by atoms with Gasteiger partial charge in [0.15, 0.2) is 0 Å². The van der Waals surface area contributed by atoms with Gasteiger partial charge in [-0.05, 0) is 12.5 Å². The molecule has 0 aliphatic heterocycles. The summed E-state index contributed by atoms with van der Waals surface area (Å²) in [7, 11) is 1.28. The van der Waals surface area contributed by atoms with Gasteiger partial charge in [-0.15, -0.1) is 0 Å². The molecule has 102 valence electrons. The Labute approximate surface area is 113 Å². The van der Waals surface area contributed by atoms with Crippen LogP contribution in [0.3, 0.4) is 0 Å². The number of nitrogens with zero attached hydrogens (tertiary/aromatic N) is 1. The lowest BCUT2D eigenvalue weighted by Gasteiger charge is -2.20. The molecule has 0 aliphatic rings. The summed E-state index contributed by atoms with van der Waals surface area (Å²) < 4.78 is 4.52. The highest BCUT2D eigenvalue weighted by molar-refractivity contribution is 5.94. The maximum absolute atomic E-state index is 12.0. The highest BCUT2D eigenvalue weighted by atomic mass is 16.5. The van der Waals surface area contributed by atoms with E-state index < -0.39 is 5.97 Å². The molecule has 19 heavy (non-hydrogen) atoms. The predicted octanol–water partition coefficient (Wildman–Crippen LogP) is 2.15. The van der Waals surface area contributed by atoms with Gasteiger partial charge in [0.25, 0.3) is 0 Å². The Morgan fingerprint density at radius 1 is 1.26 bits per heavy atom. The Bertz CT molecular complexity index is 440. The number of benzene rings is 1. The van der Waals surface area contributed by atoms with Crippen LogP contribution in [0.25, 0.3) is 0 Å². The van der Waals surface area contributed by atoms with E-state index in [1.807, 2.05) is 49.4 Å². The number of amides is 1. The molecule has 0 fully saturated rings. The Hall–Kier alpha value is -2.10. The standard InChI is InChI=1S/C15H19NO3/c1-3-4-10-16(14(17)11-15(18)19-2)12-13-8-6-5-7-9-13/h3-9H,10-12H2,1-2H3/b4-3+. The zero-order valence-corrected chi connectivity index (χ0v) is 11.3. The number of esters is 1. The van der Waals surface area contributed by atoms with E-state index in [2.05, 4.69) is 4.74 Å². The molecule has 4 heteroatoms. The number of ether oxygens (including phenoxy) is 1. The van der Waals surface area contributed by atoms with Crippen LogP contribution in [0.4, 0.5) is 0 Å². The minimum atomic E-state index is -0.511. The molecule has 0 unspecified atom stereocenters. The first-order valence-electron chi connectivity index (χ1n) is 6.17. The number of methoxy groups -OCH3 is 1. The molecule has 0 saturated heterocycles. The van der Waals surface area contributed by atoms with E-state index in [4.69, 9.17) is 0 Å². The van der Waals surface area contributed by atoms with Gasteiger partial charge in [0, 0.05) is 13.1 Å². The highest BCUT2D eigenvalue weighted by Gasteiger charge is 2.16. The number of hydrogen-bond donors (Lipinski definition) is 0. The molecule has 4 nitrogen and oxygen atoms in total. The van der Waals surface area contributed by atoms with E-state index in [0.29, 0.717) is 13.1 Å². The summed E-state index contributed by atoms with van der Waals surface area (Å²) in [5, 5.41) is 0. The molecule has 0 heterocycles. The van der Waals surface area contributed by atoms with Crippen molar-refractivity contribution in [3.05, 3.63) is 48.0 Å². The topological polar surface area (TPSA) is 46.6 Å². The normalized spacial score (nSPS) is 10.4. The first kappa shape index (κ1) is 15.0. The van der Waals surface area contributed by atoms with Crippen LogP contribution in [0.2, 0.25) is 0 Å². The van der Waals surface area contributed by atoms with Gasteiger partial charge >= 0.3 is 5.97 Å². The molecule has 0 bridgehead atoms. The SMILES string of the molecule is C/C=C/CN(Cc1ccccc1)C(=O)CC(=O)OC. The van der Waals surface area contributed by atoms with Crippen LogP contribution in [0.5, 0.6) is 0 Å². The Kier molecular flexibility index (Phi) is 6.36. The minimum absolute atomic E-state index is 0.221. The van der Waals surface area contributed by atoms with Crippen molar-refractivity contribution in [1.29, 1.82) is 0 Å². The Morgan fingerprint density at radius 2 is 1.95 bits per heavy atom. The lowest BCUT2D eigenvalue weighted by molar-refractivity contribution is -0.146. The zero-order valence-electron chi connectivity index (χ0n) is 11.3. The second kappa shape index (κ2) is 8.08. The molecule has 0 aliphatic carbocycles. The van der Waals surface area contributed by atoms with Gasteiger partial charge in [-0.2, -0.15) is 0 Å². The quantitative estimate of drug-likeness (QED) is 0.448. The molecular formula is C15H19NO3. The van der Waals surface area contributed by atoms with Crippen molar-refractivity contribution >= 4 is 11.9 Å². The van der Waals surface area contributed by atoms with Gasteiger partial charge < -0.3 is 9.64 Å². The van der Waals surface area contributed by atoms with Crippen molar-refractivity contribution in [2.24, 2.45) is 0 Å². The number of allylic oxidation sites excluding steroid dienone is 1. The van der Waals surface area contributed by atoms with Gasteiger partial charge in [-0.25, -0.2) is 0 Å². The van der Waals surface area contributed by atoms with E-state index in [0.717, 1.165) is 5.56 Å². The smallest absolute Gasteiger partial charge is 0.315 e. The van der Waals surface area contributed by atoms with E-state index >= 15 is 0 Å². The average molecular weight is 261 g/mol. The van der Waals surface area contributed by atoms with Gasteiger partial charge in [-0.1, -0.05) is 42.5 Å². The Balaban J connectivity index is 2.71. The van der Waals surface area contributed by atoms with Crippen molar-refractivity contribution < 1.29 is 14.3 Å². The summed E-state index contributed by atoms with van der Waals surface area (Å²) in [5.74, 6) is -0.739. The summed E-state index contributed by atoms with van der Waals surface area (Å²) in [5.41, 5.74) is 1.03. The van der Waals surface area contributed by atoms with Gasteiger partial charge in [0.2, 0.25) is 5.91 Å². The van der Waals surface area contributed by atoms with E-state index in [1.165, 1.54) is 7.11 Å². The van der Waals surface area contributed by atoms with E-state index in [1.54, 1.807) is 4.90 Å². The summed E-state index contributed by atoms with van der Waals surface area (Å²) in [6.45, 7) is 2.87. The number of carbonyl (C=O) groups is 2. The van der Waals surface area contributed by atoms with Crippen LogP contribution in [-0.4, -0.2) is 30.4 Å². The van der Waals surface area contributed by atoms with Crippen LogP contribution in [0, 0.1) is 0 Å². The monoisotopic (exact) mass is 261 g/mol. The largest absolute Gasteiger partial charge is 0.469 e. The highest BCUT2D eigenvalue weighted by Crippen LogP contribution is 2.06. The molecule has 1 rings (SSSR count). The predicted molar refractivity (Wildman–Crippen MR) is 73.3 cm³/mol. The van der Waals surface area contributed by atoms with Crippen molar-refractivity contribution in [3.8, 4) is 0 Å². The summed E-state index contributed by atoms with van der Waals surface area (Å²) in [4.78, 5) is 24.8. The molecule has 1 aromatic carbocycles. The van der Waals surface area contributed by atoms with Gasteiger partial charge in [0.05, 0.1) is 7.11 Å². The molecule has 0 radical (unpaired) electrons. The lowest BCUT2D eigenvalue weighted by atomic mass is 10.2. The molecule has 0 spiro atoms. The average Bonchev–Trinajstić information content (AvgIpc) is 2.44. The van der Waals surface area contributed by atoms with Crippen LogP contribution in [0.1, 0.15) is 18.9 Å².